The predicted octanol–water partition coefficient (Wildman–Crippen LogP) is 1.84. The van der Waals surface area contributed by atoms with Gasteiger partial charge < -0.3 is 20.4 Å². The molecule has 0 unspecified atom stereocenters. The fourth-order valence-electron chi connectivity index (χ4n) is 2.20. The van der Waals surface area contributed by atoms with Gasteiger partial charge >= 0.3 is 0 Å². The molecule has 2 aromatic heterocycles. The Hall–Kier alpha value is -2.87. The van der Waals surface area contributed by atoms with E-state index in [9.17, 15) is 9.59 Å². The van der Waals surface area contributed by atoms with Crippen LogP contribution in [0, 0.1) is 0 Å². The second-order valence-corrected chi connectivity index (χ2v) is 5.84. The number of aromatic nitrogens is 2. The van der Waals surface area contributed by atoms with Crippen molar-refractivity contribution in [3.05, 3.63) is 41.5 Å². The molecule has 3 rings (SSSR count). The number of rotatable bonds is 5. The fraction of sp³-hybridized carbons (Fsp3) is 0.133. The molecular weight excluding hydrogens is 316 g/mol. The number of ether oxygens (including phenoxy) is 1. The van der Waals surface area contributed by atoms with Crippen molar-refractivity contribution in [1.29, 1.82) is 0 Å². The smallest absolute Gasteiger partial charge is 0.260 e. The lowest BCUT2D eigenvalue weighted by molar-refractivity contribution is -0.116. The first-order valence-electron chi connectivity index (χ1n) is 6.75. The molecular formula is C15H14N4O3S. The van der Waals surface area contributed by atoms with Crippen molar-refractivity contribution in [3.63, 3.8) is 0 Å². The molecule has 0 aliphatic rings. The first-order valence-corrected chi connectivity index (χ1v) is 7.57. The van der Waals surface area contributed by atoms with Crippen LogP contribution in [0.5, 0.6) is 5.75 Å². The van der Waals surface area contributed by atoms with E-state index in [-0.39, 0.29) is 12.5 Å². The molecule has 118 valence electrons. The minimum Gasteiger partial charge on any atom is -0.497 e. The lowest BCUT2D eigenvalue weighted by Crippen LogP contribution is -2.18. The Morgan fingerprint density at radius 2 is 2.22 bits per heavy atom. The van der Waals surface area contributed by atoms with Gasteiger partial charge in [-0.3, -0.25) is 9.59 Å². The van der Waals surface area contributed by atoms with Crippen LogP contribution >= 0.6 is 11.3 Å². The van der Waals surface area contributed by atoms with Gasteiger partial charge in [-0.05, 0) is 24.3 Å². The van der Waals surface area contributed by atoms with Crippen LogP contribution in [0.15, 0.2) is 36.7 Å². The molecule has 0 spiro atoms. The van der Waals surface area contributed by atoms with E-state index in [4.69, 9.17) is 10.5 Å². The first kappa shape index (κ1) is 15.0. The number of nitrogens with one attached hydrogen (secondary N) is 1. The first-order chi connectivity index (χ1) is 11.1. The summed E-state index contributed by atoms with van der Waals surface area (Å²) in [5.41, 5.74) is 6.09. The molecule has 0 aliphatic carbocycles. The number of anilines is 1. The molecule has 0 atom stereocenters. The van der Waals surface area contributed by atoms with Gasteiger partial charge in [0.15, 0.2) is 5.13 Å². The van der Waals surface area contributed by atoms with Crippen LogP contribution in [0.2, 0.25) is 0 Å². The number of carbonyl (C=O) groups excluding carboxylic acids is 2. The summed E-state index contributed by atoms with van der Waals surface area (Å²) in [5.74, 6) is -0.0292. The molecule has 2 amide bonds. The van der Waals surface area contributed by atoms with Gasteiger partial charge in [0.25, 0.3) is 5.91 Å². The Labute approximate surface area is 135 Å². The molecule has 3 aromatic rings. The quantitative estimate of drug-likeness (QED) is 0.745. The summed E-state index contributed by atoms with van der Waals surface area (Å²) >= 11 is 1.05. The number of fused-ring (bicyclic) bond motifs is 1. The van der Waals surface area contributed by atoms with Gasteiger partial charge in [0.05, 0.1) is 13.3 Å². The zero-order chi connectivity index (χ0) is 16.4. The summed E-state index contributed by atoms with van der Waals surface area (Å²) < 4.78 is 7.01. The Bertz CT molecular complexity index is 884. The van der Waals surface area contributed by atoms with Gasteiger partial charge in [-0.2, -0.15) is 0 Å². The Kier molecular flexibility index (Phi) is 3.98. The molecule has 0 radical (unpaired) electrons. The third-order valence-corrected chi connectivity index (χ3v) is 4.21. The van der Waals surface area contributed by atoms with E-state index in [2.05, 4.69) is 10.3 Å². The van der Waals surface area contributed by atoms with Crippen molar-refractivity contribution in [2.45, 2.75) is 6.54 Å². The topological polar surface area (TPSA) is 99.2 Å². The van der Waals surface area contributed by atoms with E-state index in [1.807, 2.05) is 35.0 Å². The maximum absolute atomic E-state index is 12.1. The molecule has 0 bridgehead atoms. The van der Waals surface area contributed by atoms with Gasteiger partial charge in [-0.15, -0.1) is 0 Å². The average Bonchev–Trinajstić information content (AvgIpc) is 3.14. The van der Waals surface area contributed by atoms with Gasteiger partial charge in [0.2, 0.25) is 5.91 Å². The number of hydrogen-bond acceptors (Lipinski definition) is 5. The summed E-state index contributed by atoms with van der Waals surface area (Å²) in [4.78, 5) is 27.4. The number of hydrogen-bond donors (Lipinski definition) is 2. The van der Waals surface area contributed by atoms with Gasteiger partial charge in [-0.1, -0.05) is 11.3 Å². The Morgan fingerprint density at radius 1 is 1.39 bits per heavy atom. The summed E-state index contributed by atoms with van der Waals surface area (Å²) in [6.45, 7) is 0.140. The fourth-order valence-corrected chi connectivity index (χ4v) is 2.89. The van der Waals surface area contributed by atoms with E-state index < -0.39 is 5.91 Å². The summed E-state index contributed by atoms with van der Waals surface area (Å²) in [6, 6.07) is 7.57. The minimum absolute atomic E-state index is 0.140. The summed E-state index contributed by atoms with van der Waals surface area (Å²) in [6.07, 6.45) is 3.18. The number of methoxy groups -OCH3 is 1. The van der Waals surface area contributed by atoms with Crippen LogP contribution in [-0.4, -0.2) is 28.5 Å². The van der Waals surface area contributed by atoms with Crippen molar-refractivity contribution in [3.8, 4) is 5.75 Å². The second-order valence-electron chi connectivity index (χ2n) is 4.81. The van der Waals surface area contributed by atoms with Crippen LogP contribution in [0.1, 0.15) is 9.67 Å². The lowest BCUT2D eigenvalue weighted by Gasteiger charge is -2.06. The number of thiazole rings is 1. The maximum Gasteiger partial charge on any atom is 0.260 e. The van der Waals surface area contributed by atoms with E-state index in [0.29, 0.717) is 10.0 Å². The van der Waals surface area contributed by atoms with Gasteiger partial charge in [-0.25, -0.2) is 4.98 Å². The monoisotopic (exact) mass is 330 g/mol. The van der Waals surface area contributed by atoms with Crippen LogP contribution in [0.4, 0.5) is 5.13 Å². The molecule has 7 nitrogen and oxygen atoms in total. The van der Waals surface area contributed by atoms with Crippen molar-refractivity contribution in [2.75, 3.05) is 12.4 Å². The number of benzene rings is 1. The Balaban J connectivity index is 1.73. The highest BCUT2D eigenvalue weighted by molar-refractivity contribution is 7.17. The third kappa shape index (κ3) is 3.16. The minimum atomic E-state index is -0.562. The standard InChI is InChI=1S/C15H14N4O3S/c1-22-10-2-3-11-9(6-10)4-5-19(11)8-13(20)18-15-17-7-12(23-15)14(16)21/h2-7H,8H2,1H3,(H2,16,21)(H,17,18,20). The maximum atomic E-state index is 12.1. The molecule has 8 heteroatoms. The highest BCUT2D eigenvalue weighted by Crippen LogP contribution is 2.22. The number of nitrogens with zero attached hydrogens (tertiary/aromatic N) is 2. The Morgan fingerprint density at radius 3 is 2.91 bits per heavy atom. The molecule has 0 saturated carbocycles. The van der Waals surface area contributed by atoms with Crippen LogP contribution in [0.25, 0.3) is 10.9 Å². The van der Waals surface area contributed by atoms with Crippen LogP contribution < -0.4 is 15.8 Å². The highest BCUT2D eigenvalue weighted by Gasteiger charge is 2.11. The van der Waals surface area contributed by atoms with Crippen molar-refractivity contribution < 1.29 is 14.3 Å². The van der Waals surface area contributed by atoms with Crippen molar-refractivity contribution in [2.24, 2.45) is 5.73 Å². The third-order valence-electron chi connectivity index (χ3n) is 3.29. The average molecular weight is 330 g/mol. The largest absolute Gasteiger partial charge is 0.497 e. The van der Waals surface area contributed by atoms with E-state index in [1.54, 1.807) is 7.11 Å². The molecule has 0 fully saturated rings. The second kappa shape index (κ2) is 6.09. The van der Waals surface area contributed by atoms with E-state index in [1.165, 1.54) is 6.20 Å². The number of primary amides is 1. The van der Waals surface area contributed by atoms with Crippen molar-refractivity contribution in [1.82, 2.24) is 9.55 Å². The SMILES string of the molecule is COc1ccc2c(ccn2CC(=O)Nc2ncc(C(N)=O)s2)c1. The molecule has 0 saturated heterocycles. The summed E-state index contributed by atoms with van der Waals surface area (Å²) in [5, 5.41) is 4.00. The molecule has 0 aliphatic heterocycles. The normalized spacial score (nSPS) is 10.7. The number of nitrogens with two attached hydrogens (primary N) is 1. The van der Waals surface area contributed by atoms with Gasteiger partial charge in [0, 0.05) is 17.1 Å². The zero-order valence-electron chi connectivity index (χ0n) is 12.3. The van der Waals surface area contributed by atoms with E-state index >= 15 is 0 Å². The van der Waals surface area contributed by atoms with E-state index in [0.717, 1.165) is 28.0 Å². The highest BCUT2D eigenvalue weighted by atomic mass is 32.1. The number of amides is 2. The molecule has 23 heavy (non-hydrogen) atoms. The van der Waals surface area contributed by atoms with Crippen molar-refractivity contribution >= 4 is 39.2 Å². The number of carbonyl (C=O) groups is 2. The lowest BCUT2D eigenvalue weighted by atomic mass is 10.2. The zero-order valence-corrected chi connectivity index (χ0v) is 13.1. The van der Waals surface area contributed by atoms with Gasteiger partial charge in [0.1, 0.15) is 17.2 Å². The molecule has 2 heterocycles. The predicted molar refractivity (Wildman–Crippen MR) is 87.8 cm³/mol. The van der Waals surface area contributed by atoms with Crippen LogP contribution in [-0.2, 0) is 11.3 Å². The molecule has 1 aromatic carbocycles. The molecule has 3 N–H and O–H groups in total. The summed E-state index contributed by atoms with van der Waals surface area (Å²) in [7, 11) is 1.61. The van der Waals surface area contributed by atoms with Crippen LogP contribution in [0.3, 0.4) is 0 Å².